The minimum atomic E-state index is -0.504. The van der Waals surface area contributed by atoms with Gasteiger partial charge in [-0.25, -0.2) is 0 Å². The molecule has 0 spiro atoms. The minimum Gasteiger partial charge on any atom is -0.337 e. The second kappa shape index (κ2) is 7.02. The minimum absolute atomic E-state index is 0.0280. The van der Waals surface area contributed by atoms with Crippen LogP contribution >= 0.6 is 0 Å². The van der Waals surface area contributed by atoms with E-state index < -0.39 is 11.0 Å². The van der Waals surface area contributed by atoms with Crippen molar-refractivity contribution in [2.24, 2.45) is 11.8 Å². The lowest BCUT2D eigenvalue weighted by Gasteiger charge is -2.59. The number of benzene rings is 1. The number of nitro benzene ring substituents is 1. The van der Waals surface area contributed by atoms with Crippen molar-refractivity contribution in [3.05, 3.63) is 39.4 Å². The molecule has 2 amide bonds. The summed E-state index contributed by atoms with van der Waals surface area (Å²) in [7, 11) is 0. The van der Waals surface area contributed by atoms with Gasteiger partial charge in [-0.3, -0.25) is 24.6 Å². The highest BCUT2D eigenvalue weighted by molar-refractivity contribution is 6.02. The Bertz CT molecular complexity index is 963. The summed E-state index contributed by atoms with van der Waals surface area (Å²) >= 11 is 0. The zero-order valence-electron chi connectivity index (χ0n) is 17.6. The molecule has 0 saturated carbocycles. The van der Waals surface area contributed by atoms with E-state index in [9.17, 15) is 19.7 Å². The molecule has 8 heteroatoms. The molecule has 8 nitrogen and oxygen atoms in total. The number of hydrogen-bond acceptors (Lipinski definition) is 5. The molecule has 5 atom stereocenters. The molecule has 1 unspecified atom stereocenters. The molecule has 4 fully saturated rings. The molecule has 5 aliphatic rings. The van der Waals surface area contributed by atoms with Crippen molar-refractivity contribution in [2.45, 2.75) is 63.2 Å². The van der Waals surface area contributed by atoms with E-state index >= 15 is 0 Å². The predicted octanol–water partition coefficient (Wildman–Crippen LogP) is 2.41. The summed E-state index contributed by atoms with van der Waals surface area (Å²) < 4.78 is 0. The molecule has 31 heavy (non-hydrogen) atoms. The molecule has 5 aliphatic heterocycles. The Balaban J connectivity index is 1.27. The molecule has 0 aromatic heterocycles. The fraction of sp³-hybridized carbons (Fsp3) is 0.652. The van der Waals surface area contributed by atoms with Gasteiger partial charge in [0.05, 0.1) is 22.6 Å². The highest BCUT2D eigenvalue weighted by atomic mass is 16.6. The van der Waals surface area contributed by atoms with Gasteiger partial charge in [0.15, 0.2) is 0 Å². The van der Waals surface area contributed by atoms with Crippen LogP contribution in [0.3, 0.4) is 0 Å². The largest absolute Gasteiger partial charge is 0.337 e. The monoisotopic (exact) mass is 424 g/mol. The van der Waals surface area contributed by atoms with Gasteiger partial charge in [-0.15, -0.1) is 0 Å². The number of fused-ring (bicyclic) bond motifs is 3. The van der Waals surface area contributed by atoms with Gasteiger partial charge in [0.1, 0.15) is 6.04 Å². The van der Waals surface area contributed by atoms with Crippen LogP contribution in [0.25, 0.3) is 0 Å². The van der Waals surface area contributed by atoms with Crippen LogP contribution < -0.4 is 0 Å². The third-order valence-corrected chi connectivity index (χ3v) is 8.52. The number of carbonyl (C=O) groups excluding carboxylic acids is 2. The molecule has 164 valence electrons. The zero-order valence-corrected chi connectivity index (χ0v) is 17.6. The fourth-order valence-corrected chi connectivity index (χ4v) is 7.31. The van der Waals surface area contributed by atoms with Crippen LogP contribution in [-0.4, -0.2) is 69.2 Å². The van der Waals surface area contributed by atoms with Gasteiger partial charge in [-0.05, 0) is 69.5 Å². The van der Waals surface area contributed by atoms with Gasteiger partial charge in [0, 0.05) is 24.7 Å². The Kier molecular flexibility index (Phi) is 4.35. The number of piperidine rings is 4. The van der Waals surface area contributed by atoms with Crippen molar-refractivity contribution >= 4 is 17.5 Å². The van der Waals surface area contributed by atoms with Gasteiger partial charge in [-0.1, -0.05) is 6.07 Å². The lowest BCUT2D eigenvalue weighted by atomic mass is 9.67. The number of nitro groups is 1. The van der Waals surface area contributed by atoms with Gasteiger partial charge in [-0.2, -0.15) is 0 Å². The Morgan fingerprint density at radius 3 is 2.61 bits per heavy atom. The Morgan fingerprint density at radius 1 is 1.00 bits per heavy atom. The first-order chi connectivity index (χ1) is 15.0. The molecular formula is C23H28N4O4. The van der Waals surface area contributed by atoms with Crippen LogP contribution in [0.5, 0.6) is 0 Å². The smallest absolute Gasteiger partial charge is 0.275 e. The number of rotatable bonds is 2. The molecule has 4 saturated heterocycles. The molecule has 1 aromatic carbocycles. The van der Waals surface area contributed by atoms with Crippen LogP contribution in [0.1, 0.15) is 54.4 Å². The van der Waals surface area contributed by atoms with E-state index in [1.165, 1.54) is 44.8 Å². The SMILES string of the molecule is O=C1c2cccc([N+](=O)[O-])c2CN1C1CC[C@@H]2[C@H]3CCCN4CCC[C@H](CN2C1=O)[C@@H]34. The van der Waals surface area contributed by atoms with Gasteiger partial charge in [0.2, 0.25) is 5.91 Å². The van der Waals surface area contributed by atoms with E-state index in [2.05, 4.69) is 9.80 Å². The third-order valence-electron chi connectivity index (χ3n) is 8.52. The molecule has 1 aromatic rings. The van der Waals surface area contributed by atoms with E-state index in [1.54, 1.807) is 17.0 Å². The molecule has 0 bridgehead atoms. The summed E-state index contributed by atoms with van der Waals surface area (Å²) in [4.78, 5) is 44.2. The number of amides is 2. The molecule has 0 N–H and O–H groups in total. The van der Waals surface area contributed by atoms with E-state index in [0.29, 0.717) is 35.4 Å². The summed E-state index contributed by atoms with van der Waals surface area (Å²) in [6.07, 6.45) is 6.35. The van der Waals surface area contributed by atoms with Crippen molar-refractivity contribution in [2.75, 3.05) is 19.6 Å². The Hall–Kier alpha value is -2.48. The number of nitrogens with zero attached hydrogens (tertiary/aromatic N) is 4. The standard InChI is InChI=1S/C23H28N4O4/c28-22-15-5-1-7-19(27(30)31)17(15)13-26(22)20-9-8-18-16-6-3-11-24-10-2-4-14(21(16)24)12-25(18)23(20)29/h1,5,7,14,16,18,20-21H,2-4,6,8-13H2/t14-,16-,18-,20?,21+/m1/s1. The average Bonchev–Trinajstić information content (AvgIpc) is 3.11. The van der Waals surface area contributed by atoms with Crippen molar-refractivity contribution < 1.29 is 14.5 Å². The number of hydrogen-bond donors (Lipinski definition) is 0. The van der Waals surface area contributed by atoms with E-state index in [-0.39, 0.29) is 30.1 Å². The van der Waals surface area contributed by atoms with E-state index in [0.717, 1.165) is 13.0 Å². The first-order valence-electron chi connectivity index (χ1n) is 11.7. The van der Waals surface area contributed by atoms with E-state index in [4.69, 9.17) is 0 Å². The molecular weight excluding hydrogens is 396 g/mol. The van der Waals surface area contributed by atoms with Gasteiger partial charge < -0.3 is 9.80 Å². The first kappa shape index (κ1) is 19.2. The maximum absolute atomic E-state index is 13.7. The normalized spacial score (nSPS) is 34.9. The summed E-state index contributed by atoms with van der Waals surface area (Å²) in [6.45, 7) is 3.34. The summed E-state index contributed by atoms with van der Waals surface area (Å²) in [6, 6.07) is 5.03. The second-order valence-electron chi connectivity index (χ2n) is 9.88. The molecule has 6 rings (SSSR count). The third kappa shape index (κ3) is 2.76. The van der Waals surface area contributed by atoms with Crippen LogP contribution in [0, 0.1) is 22.0 Å². The Labute approximate surface area is 181 Å². The van der Waals surface area contributed by atoms with Crippen LogP contribution in [0.15, 0.2) is 18.2 Å². The molecule has 5 heterocycles. The highest BCUT2D eigenvalue weighted by Gasteiger charge is 2.53. The average molecular weight is 425 g/mol. The number of carbonyl (C=O) groups is 2. The fourth-order valence-electron chi connectivity index (χ4n) is 7.31. The van der Waals surface area contributed by atoms with Crippen LogP contribution in [0.4, 0.5) is 5.69 Å². The zero-order chi connectivity index (χ0) is 21.3. The Morgan fingerprint density at radius 2 is 1.81 bits per heavy atom. The van der Waals surface area contributed by atoms with Crippen molar-refractivity contribution in [1.82, 2.24) is 14.7 Å². The first-order valence-corrected chi connectivity index (χ1v) is 11.7. The molecule has 0 radical (unpaired) electrons. The van der Waals surface area contributed by atoms with Gasteiger partial charge >= 0.3 is 0 Å². The predicted molar refractivity (Wildman–Crippen MR) is 112 cm³/mol. The lowest BCUT2D eigenvalue weighted by molar-refractivity contribution is -0.385. The van der Waals surface area contributed by atoms with Crippen molar-refractivity contribution in [3.8, 4) is 0 Å². The quantitative estimate of drug-likeness (QED) is 0.538. The van der Waals surface area contributed by atoms with Gasteiger partial charge in [0.25, 0.3) is 11.6 Å². The topological polar surface area (TPSA) is 87.0 Å². The van der Waals surface area contributed by atoms with Crippen molar-refractivity contribution in [1.29, 1.82) is 0 Å². The maximum Gasteiger partial charge on any atom is 0.275 e. The van der Waals surface area contributed by atoms with Crippen molar-refractivity contribution in [3.63, 3.8) is 0 Å². The maximum atomic E-state index is 13.7. The molecule has 0 aliphatic carbocycles. The van der Waals surface area contributed by atoms with Crippen LogP contribution in [-0.2, 0) is 11.3 Å². The highest BCUT2D eigenvalue weighted by Crippen LogP contribution is 2.46. The summed E-state index contributed by atoms with van der Waals surface area (Å²) in [5.74, 6) is 0.893. The second-order valence-corrected chi connectivity index (χ2v) is 9.88. The summed E-state index contributed by atoms with van der Waals surface area (Å²) in [5, 5.41) is 11.4. The lowest BCUT2D eigenvalue weighted by Crippen LogP contribution is -2.69. The van der Waals surface area contributed by atoms with Crippen LogP contribution in [0.2, 0.25) is 0 Å². The summed E-state index contributed by atoms with van der Waals surface area (Å²) in [5.41, 5.74) is 0.791. The van der Waals surface area contributed by atoms with E-state index in [1.807, 2.05) is 0 Å².